The Kier molecular flexibility index (Phi) is 7.87. The molecule has 208 valence electrons. The van der Waals surface area contributed by atoms with E-state index in [0.29, 0.717) is 14.5 Å². The minimum absolute atomic E-state index is 0.0179. The number of nitrogens with zero attached hydrogens (tertiary/aromatic N) is 4. The summed E-state index contributed by atoms with van der Waals surface area (Å²) >= 11 is 10.7. The lowest BCUT2D eigenvalue weighted by Gasteiger charge is -2.47. The number of aliphatic hydroxyl groups is 1. The third-order valence-electron chi connectivity index (χ3n) is 6.52. The molecule has 6 rings (SSSR count). The standard InChI is InChI=1S/C26H19BrClF3N4O4S/c27-24-19(8-14(28)9-32-24)40-26-22(36)21(23-18(38-26)11-37-25(39-23)12-4-2-1-3-5-12)35-10-17(33-34-35)13-6-15(29)20(31)16(30)7-13/h1-10,18,21-23,25-26,36H,11H2. The Balaban J connectivity index is 1.35. The lowest BCUT2D eigenvalue weighted by Crippen LogP contribution is -2.58. The first-order valence-corrected chi connectivity index (χ1v) is 14.0. The molecule has 0 radical (unpaired) electrons. The second-order valence-electron chi connectivity index (χ2n) is 9.10. The first-order chi connectivity index (χ1) is 19.3. The Bertz CT molecular complexity index is 1510. The number of rotatable bonds is 5. The average Bonchev–Trinajstić information content (AvgIpc) is 3.44. The number of hydrogen-bond donors (Lipinski definition) is 1. The van der Waals surface area contributed by atoms with Crippen LogP contribution in [-0.2, 0) is 14.2 Å². The smallest absolute Gasteiger partial charge is 0.194 e. The van der Waals surface area contributed by atoms with Crippen molar-refractivity contribution in [2.24, 2.45) is 0 Å². The number of halogens is 5. The highest BCUT2D eigenvalue weighted by atomic mass is 79.9. The van der Waals surface area contributed by atoms with Crippen molar-refractivity contribution in [1.29, 1.82) is 0 Å². The van der Waals surface area contributed by atoms with Crippen molar-refractivity contribution in [3.63, 3.8) is 0 Å². The maximum Gasteiger partial charge on any atom is 0.194 e. The summed E-state index contributed by atoms with van der Waals surface area (Å²) in [6, 6.07) is 11.8. The fraction of sp³-hybridized carbons (Fsp3) is 0.269. The zero-order valence-electron chi connectivity index (χ0n) is 20.2. The molecule has 40 heavy (non-hydrogen) atoms. The molecule has 2 fully saturated rings. The number of thioether (sulfide) groups is 1. The summed E-state index contributed by atoms with van der Waals surface area (Å²) in [5.74, 6) is -4.29. The van der Waals surface area contributed by atoms with Crippen LogP contribution < -0.4 is 0 Å². The molecular weight excluding hydrogens is 637 g/mol. The average molecular weight is 656 g/mol. The summed E-state index contributed by atoms with van der Waals surface area (Å²) in [7, 11) is 0. The number of hydrogen-bond acceptors (Lipinski definition) is 8. The molecule has 4 heterocycles. The van der Waals surface area contributed by atoms with E-state index in [-0.39, 0.29) is 17.9 Å². The largest absolute Gasteiger partial charge is 0.387 e. The summed E-state index contributed by atoms with van der Waals surface area (Å²) in [5.41, 5.74) is -0.00539. The van der Waals surface area contributed by atoms with Crippen LogP contribution in [0.1, 0.15) is 17.9 Å². The molecule has 8 nitrogen and oxygen atoms in total. The molecule has 0 amide bonds. The van der Waals surface area contributed by atoms with Crippen LogP contribution in [0.3, 0.4) is 0 Å². The van der Waals surface area contributed by atoms with Crippen LogP contribution in [-0.4, -0.2) is 55.4 Å². The van der Waals surface area contributed by atoms with E-state index >= 15 is 0 Å². The van der Waals surface area contributed by atoms with E-state index in [1.807, 2.05) is 30.3 Å². The molecule has 1 N–H and O–H groups in total. The van der Waals surface area contributed by atoms with Crippen molar-refractivity contribution in [2.45, 2.75) is 41.0 Å². The van der Waals surface area contributed by atoms with Crippen LogP contribution in [0.15, 0.2) is 70.4 Å². The van der Waals surface area contributed by atoms with Crippen molar-refractivity contribution in [2.75, 3.05) is 6.61 Å². The van der Waals surface area contributed by atoms with Gasteiger partial charge in [0.05, 0.1) is 17.8 Å². The Morgan fingerprint density at radius 2 is 1.82 bits per heavy atom. The van der Waals surface area contributed by atoms with Crippen molar-refractivity contribution >= 4 is 39.3 Å². The highest BCUT2D eigenvalue weighted by Crippen LogP contribution is 2.44. The summed E-state index contributed by atoms with van der Waals surface area (Å²) in [6.45, 7) is 0.148. The number of pyridine rings is 1. The SMILES string of the molecule is OC1C(Sc2cc(Cl)cnc2Br)OC2COC(c3ccccc3)OC2C1n1cc(-c2cc(F)c(F)c(F)c2)nn1. The van der Waals surface area contributed by atoms with Gasteiger partial charge in [0.25, 0.3) is 0 Å². The lowest BCUT2D eigenvalue weighted by atomic mass is 9.96. The van der Waals surface area contributed by atoms with E-state index in [1.165, 1.54) is 28.8 Å². The van der Waals surface area contributed by atoms with Gasteiger partial charge in [0.1, 0.15) is 40.1 Å². The third kappa shape index (κ3) is 5.39. The van der Waals surface area contributed by atoms with Crippen LogP contribution in [0.25, 0.3) is 11.3 Å². The quantitative estimate of drug-likeness (QED) is 0.216. The van der Waals surface area contributed by atoms with Crippen LogP contribution in [0.4, 0.5) is 13.2 Å². The van der Waals surface area contributed by atoms with E-state index in [1.54, 1.807) is 6.07 Å². The summed E-state index contributed by atoms with van der Waals surface area (Å²) in [6.07, 6.45) is -0.412. The Morgan fingerprint density at radius 3 is 2.58 bits per heavy atom. The first kappa shape index (κ1) is 27.6. The molecule has 4 aromatic rings. The molecule has 2 aliphatic rings. The molecular formula is C26H19BrClF3N4O4S. The molecule has 0 spiro atoms. The fourth-order valence-electron chi connectivity index (χ4n) is 4.63. The molecule has 0 saturated carbocycles. The maximum atomic E-state index is 13.9. The lowest BCUT2D eigenvalue weighted by molar-refractivity contribution is -0.306. The molecule has 14 heteroatoms. The molecule has 2 aromatic heterocycles. The van der Waals surface area contributed by atoms with Gasteiger partial charge in [0.15, 0.2) is 23.7 Å². The van der Waals surface area contributed by atoms with E-state index in [4.69, 9.17) is 25.8 Å². The first-order valence-electron chi connectivity index (χ1n) is 12.0. The van der Waals surface area contributed by atoms with Gasteiger partial charge in [-0.05, 0) is 34.1 Å². The molecule has 6 unspecified atom stereocenters. The highest BCUT2D eigenvalue weighted by molar-refractivity contribution is 9.10. The fourth-order valence-corrected chi connectivity index (χ4v) is 6.45. The monoisotopic (exact) mass is 654 g/mol. The normalized spacial score (nSPS) is 26.4. The second kappa shape index (κ2) is 11.4. The molecule has 2 aromatic carbocycles. The summed E-state index contributed by atoms with van der Waals surface area (Å²) in [5, 5.41) is 20.2. The van der Waals surface area contributed by atoms with Crippen molar-refractivity contribution in [3.05, 3.63) is 93.6 Å². The van der Waals surface area contributed by atoms with Crippen LogP contribution in [0, 0.1) is 17.5 Å². The second-order valence-corrected chi connectivity index (χ2v) is 11.4. The van der Waals surface area contributed by atoms with E-state index in [0.717, 1.165) is 17.7 Å². The predicted molar refractivity (Wildman–Crippen MR) is 142 cm³/mol. The van der Waals surface area contributed by atoms with Crippen LogP contribution in [0.5, 0.6) is 0 Å². The van der Waals surface area contributed by atoms with Gasteiger partial charge in [0.2, 0.25) is 0 Å². The van der Waals surface area contributed by atoms with Gasteiger partial charge in [-0.25, -0.2) is 22.8 Å². The number of benzene rings is 2. The maximum absolute atomic E-state index is 13.9. The Morgan fingerprint density at radius 1 is 1.07 bits per heavy atom. The predicted octanol–water partition coefficient (Wildman–Crippen LogP) is 5.71. The van der Waals surface area contributed by atoms with Gasteiger partial charge < -0.3 is 19.3 Å². The molecule has 2 aliphatic heterocycles. The van der Waals surface area contributed by atoms with Gasteiger partial charge in [-0.15, -0.1) is 5.10 Å². The highest BCUT2D eigenvalue weighted by Gasteiger charge is 2.51. The van der Waals surface area contributed by atoms with Crippen molar-refractivity contribution in [1.82, 2.24) is 20.0 Å². The van der Waals surface area contributed by atoms with E-state index < -0.39 is 53.5 Å². The number of fused-ring (bicyclic) bond motifs is 1. The van der Waals surface area contributed by atoms with Gasteiger partial charge >= 0.3 is 0 Å². The van der Waals surface area contributed by atoms with Gasteiger partial charge in [0, 0.05) is 22.2 Å². The molecule has 2 saturated heterocycles. The zero-order valence-corrected chi connectivity index (χ0v) is 23.4. The van der Waals surface area contributed by atoms with Gasteiger partial charge in [-0.3, -0.25) is 0 Å². The summed E-state index contributed by atoms with van der Waals surface area (Å²) < 4.78 is 61.7. The van der Waals surface area contributed by atoms with E-state index in [2.05, 4.69) is 31.2 Å². The number of aliphatic hydroxyl groups excluding tert-OH is 1. The zero-order chi connectivity index (χ0) is 28.0. The molecule has 0 bridgehead atoms. The van der Waals surface area contributed by atoms with Crippen LogP contribution >= 0.6 is 39.3 Å². The van der Waals surface area contributed by atoms with Crippen molar-refractivity contribution in [3.8, 4) is 11.3 Å². The number of aromatic nitrogens is 4. The van der Waals surface area contributed by atoms with Gasteiger partial charge in [-0.1, -0.05) is 58.9 Å². The minimum Gasteiger partial charge on any atom is -0.387 e. The summed E-state index contributed by atoms with van der Waals surface area (Å²) in [4.78, 5) is 4.82. The van der Waals surface area contributed by atoms with Crippen molar-refractivity contribution < 1.29 is 32.5 Å². The van der Waals surface area contributed by atoms with Crippen LogP contribution in [0.2, 0.25) is 5.02 Å². The molecule has 0 aliphatic carbocycles. The molecule has 6 atom stereocenters. The Hall–Kier alpha value is -2.52. The van der Waals surface area contributed by atoms with E-state index in [9.17, 15) is 18.3 Å². The van der Waals surface area contributed by atoms with Gasteiger partial charge in [-0.2, -0.15) is 0 Å². The minimum atomic E-state index is -1.58. The Labute approximate surface area is 243 Å². The topological polar surface area (TPSA) is 91.5 Å². The third-order valence-corrected chi connectivity index (χ3v) is 8.81. The number of ether oxygens (including phenoxy) is 3.